The fraction of sp³-hybridized carbons (Fsp3) is 0.538. The molecule has 84 valence electrons. The molecule has 0 aliphatic carbocycles. The molecule has 15 heavy (non-hydrogen) atoms. The first-order valence-corrected chi connectivity index (χ1v) is 6.45. The fourth-order valence-electron chi connectivity index (χ4n) is 1.28. The van der Waals surface area contributed by atoms with Gasteiger partial charge in [-0.05, 0) is 17.7 Å². The Morgan fingerprint density at radius 3 is 2.13 bits per heavy atom. The molecule has 1 nitrogen and oxygen atoms in total. The van der Waals surface area contributed by atoms with Gasteiger partial charge in [-0.2, -0.15) is 0 Å². The fourth-order valence-corrected chi connectivity index (χ4v) is 2.12. The van der Waals surface area contributed by atoms with E-state index in [-0.39, 0.29) is 0 Å². The third-order valence-corrected chi connectivity index (χ3v) is 3.03. The van der Waals surface area contributed by atoms with Crippen LogP contribution >= 0.6 is 11.8 Å². The van der Waals surface area contributed by atoms with Crippen molar-refractivity contribution in [2.75, 3.05) is 0 Å². The van der Waals surface area contributed by atoms with Crippen molar-refractivity contribution >= 4 is 11.8 Å². The second kappa shape index (κ2) is 6.19. The Morgan fingerprint density at radius 2 is 1.67 bits per heavy atom. The Morgan fingerprint density at radius 1 is 1.07 bits per heavy atom. The van der Waals surface area contributed by atoms with Gasteiger partial charge in [0.05, 0.1) is 0 Å². The minimum Gasteiger partial charge on any atom is -0.310 e. The Bertz CT molecular complexity index is 277. The van der Waals surface area contributed by atoms with E-state index in [0.29, 0.717) is 11.3 Å². The average Bonchev–Trinajstić information content (AvgIpc) is 2.16. The monoisotopic (exact) mass is 223 g/mol. The van der Waals surface area contributed by atoms with E-state index in [9.17, 15) is 0 Å². The number of thioether (sulfide) groups is 1. The van der Waals surface area contributed by atoms with E-state index in [0.717, 1.165) is 6.54 Å². The first-order chi connectivity index (χ1) is 7.08. The average molecular weight is 223 g/mol. The van der Waals surface area contributed by atoms with Crippen molar-refractivity contribution in [1.82, 2.24) is 5.32 Å². The Balaban J connectivity index is 2.49. The molecule has 0 amide bonds. The lowest BCUT2D eigenvalue weighted by Gasteiger charge is -2.09. The molecule has 0 atom stereocenters. The Kier molecular flexibility index (Phi) is 5.20. The quantitative estimate of drug-likeness (QED) is 0.764. The molecular weight excluding hydrogens is 202 g/mol. The van der Waals surface area contributed by atoms with Gasteiger partial charge in [0.15, 0.2) is 0 Å². The molecule has 0 saturated carbocycles. The van der Waals surface area contributed by atoms with Crippen molar-refractivity contribution in [3.8, 4) is 0 Å². The molecule has 0 saturated heterocycles. The summed E-state index contributed by atoms with van der Waals surface area (Å²) in [6.07, 6.45) is 0. The summed E-state index contributed by atoms with van der Waals surface area (Å²) in [5.74, 6) is 0. The smallest absolute Gasteiger partial charge is 0.0207 e. The Labute approximate surface area is 97.7 Å². The van der Waals surface area contributed by atoms with E-state index in [4.69, 9.17) is 0 Å². The van der Waals surface area contributed by atoms with Crippen LogP contribution in [0.4, 0.5) is 0 Å². The number of nitrogens with one attached hydrogen (secondary N) is 1. The van der Waals surface area contributed by atoms with Crippen molar-refractivity contribution in [2.45, 2.75) is 50.4 Å². The molecule has 0 aromatic heterocycles. The van der Waals surface area contributed by atoms with Gasteiger partial charge in [0.25, 0.3) is 0 Å². The van der Waals surface area contributed by atoms with Gasteiger partial charge >= 0.3 is 0 Å². The molecule has 0 radical (unpaired) electrons. The second-order valence-electron chi connectivity index (χ2n) is 4.35. The maximum Gasteiger partial charge on any atom is 0.0207 e. The summed E-state index contributed by atoms with van der Waals surface area (Å²) >= 11 is 1.91. The van der Waals surface area contributed by atoms with Gasteiger partial charge < -0.3 is 5.32 Å². The summed E-state index contributed by atoms with van der Waals surface area (Å²) in [5, 5.41) is 4.07. The minimum absolute atomic E-state index is 0.551. The van der Waals surface area contributed by atoms with Crippen LogP contribution in [0.3, 0.4) is 0 Å². The summed E-state index contributed by atoms with van der Waals surface area (Å²) in [6.45, 7) is 9.74. The first kappa shape index (κ1) is 12.6. The topological polar surface area (TPSA) is 12.0 Å². The molecule has 1 rings (SSSR count). The number of hydrogen-bond acceptors (Lipinski definition) is 2. The molecule has 0 bridgehead atoms. The molecule has 0 heterocycles. The first-order valence-electron chi connectivity index (χ1n) is 5.57. The minimum atomic E-state index is 0.551. The molecule has 0 aliphatic rings. The lowest BCUT2D eigenvalue weighted by Crippen LogP contribution is -2.21. The molecule has 0 aliphatic heterocycles. The molecule has 1 aromatic carbocycles. The van der Waals surface area contributed by atoms with E-state index in [1.165, 1.54) is 10.5 Å². The van der Waals surface area contributed by atoms with Crippen molar-refractivity contribution in [3.05, 3.63) is 29.8 Å². The number of hydrogen-bond donors (Lipinski definition) is 1. The van der Waals surface area contributed by atoms with Crippen molar-refractivity contribution in [1.29, 1.82) is 0 Å². The van der Waals surface area contributed by atoms with Crippen LogP contribution in [0.1, 0.15) is 33.3 Å². The Hall–Kier alpha value is -0.470. The van der Waals surface area contributed by atoms with Gasteiger partial charge in [0, 0.05) is 22.7 Å². The van der Waals surface area contributed by atoms with Gasteiger partial charge in [-0.15, -0.1) is 11.8 Å². The predicted octanol–water partition coefficient (Wildman–Crippen LogP) is 3.69. The van der Waals surface area contributed by atoms with E-state index in [1.807, 2.05) is 11.8 Å². The van der Waals surface area contributed by atoms with E-state index < -0.39 is 0 Å². The highest BCUT2D eigenvalue weighted by molar-refractivity contribution is 7.99. The standard InChI is InChI=1S/C13H21NS/c1-10(2)14-9-12-5-7-13(8-6-12)15-11(3)4/h5-8,10-11,14H,9H2,1-4H3. The SMILES string of the molecule is CC(C)NCc1ccc(SC(C)C)cc1. The highest BCUT2D eigenvalue weighted by atomic mass is 32.2. The van der Waals surface area contributed by atoms with Gasteiger partial charge in [-0.3, -0.25) is 0 Å². The van der Waals surface area contributed by atoms with E-state index in [1.54, 1.807) is 0 Å². The summed E-state index contributed by atoms with van der Waals surface area (Å²) in [6, 6.07) is 9.39. The molecule has 0 spiro atoms. The third kappa shape index (κ3) is 5.24. The molecule has 0 fully saturated rings. The van der Waals surface area contributed by atoms with Crippen molar-refractivity contribution in [3.63, 3.8) is 0 Å². The maximum atomic E-state index is 3.42. The van der Waals surface area contributed by atoms with Gasteiger partial charge in [0.1, 0.15) is 0 Å². The van der Waals surface area contributed by atoms with Crippen LogP contribution < -0.4 is 5.32 Å². The van der Waals surface area contributed by atoms with Crippen LogP contribution in [0.25, 0.3) is 0 Å². The maximum absolute atomic E-state index is 3.42. The molecule has 0 unspecified atom stereocenters. The van der Waals surface area contributed by atoms with Crippen molar-refractivity contribution < 1.29 is 0 Å². The van der Waals surface area contributed by atoms with E-state index in [2.05, 4.69) is 57.3 Å². The second-order valence-corrected chi connectivity index (χ2v) is 6.00. The van der Waals surface area contributed by atoms with Crippen LogP contribution in [0, 0.1) is 0 Å². The highest BCUT2D eigenvalue weighted by Gasteiger charge is 1.99. The molecule has 1 aromatic rings. The third-order valence-electron chi connectivity index (χ3n) is 2.01. The summed E-state index contributed by atoms with van der Waals surface area (Å²) < 4.78 is 0. The van der Waals surface area contributed by atoms with Gasteiger partial charge in [-0.25, -0.2) is 0 Å². The number of benzene rings is 1. The van der Waals surface area contributed by atoms with Gasteiger partial charge in [-0.1, -0.05) is 39.8 Å². The normalized spacial score (nSPS) is 11.3. The van der Waals surface area contributed by atoms with Crippen LogP contribution in [0.5, 0.6) is 0 Å². The van der Waals surface area contributed by atoms with Crippen molar-refractivity contribution in [2.24, 2.45) is 0 Å². The molecule has 2 heteroatoms. The summed E-state index contributed by atoms with van der Waals surface area (Å²) in [7, 11) is 0. The summed E-state index contributed by atoms with van der Waals surface area (Å²) in [5.41, 5.74) is 1.36. The highest BCUT2D eigenvalue weighted by Crippen LogP contribution is 2.22. The zero-order valence-corrected chi connectivity index (χ0v) is 10.9. The van der Waals surface area contributed by atoms with Crippen LogP contribution in [0.15, 0.2) is 29.2 Å². The van der Waals surface area contributed by atoms with E-state index >= 15 is 0 Å². The molecule has 1 N–H and O–H groups in total. The van der Waals surface area contributed by atoms with Gasteiger partial charge in [0.2, 0.25) is 0 Å². The van der Waals surface area contributed by atoms with Crippen LogP contribution in [-0.2, 0) is 6.54 Å². The summed E-state index contributed by atoms with van der Waals surface area (Å²) in [4.78, 5) is 1.36. The molecular formula is C13H21NS. The number of rotatable bonds is 5. The zero-order chi connectivity index (χ0) is 11.3. The van der Waals surface area contributed by atoms with Crippen LogP contribution in [0.2, 0.25) is 0 Å². The lowest BCUT2D eigenvalue weighted by molar-refractivity contribution is 0.588. The van der Waals surface area contributed by atoms with Crippen LogP contribution in [-0.4, -0.2) is 11.3 Å². The zero-order valence-electron chi connectivity index (χ0n) is 10.1. The largest absolute Gasteiger partial charge is 0.310 e. The lowest BCUT2D eigenvalue weighted by atomic mass is 10.2. The predicted molar refractivity (Wildman–Crippen MR) is 69.4 cm³/mol.